The summed E-state index contributed by atoms with van der Waals surface area (Å²) in [6, 6.07) is 0. The molecule has 0 amide bonds. The van der Waals surface area contributed by atoms with Gasteiger partial charge in [0.2, 0.25) is 0 Å². The van der Waals surface area contributed by atoms with E-state index >= 15 is 0 Å². The largest absolute Gasteiger partial charge is 0.656 e. The maximum absolute atomic E-state index is 6.00. The van der Waals surface area contributed by atoms with Gasteiger partial charge in [0.25, 0.3) is 0 Å². The van der Waals surface area contributed by atoms with Crippen molar-refractivity contribution in [2.45, 2.75) is 78.0 Å². The fourth-order valence-corrected chi connectivity index (χ4v) is 8.82. The van der Waals surface area contributed by atoms with Gasteiger partial charge in [-0.1, -0.05) is 0 Å². The van der Waals surface area contributed by atoms with Gasteiger partial charge in [-0.2, -0.15) is 0 Å². The molecule has 0 N–H and O–H groups in total. The fraction of sp³-hybridized carbons (Fsp3) is 1.00. The van der Waals surface area contributed by atoms with Crippen LogP contribution in [-0.2, 0) is 16.8 Å². The molecule has 0 aromatic carbocycles. The molecule has 0 fully saturated rings. The summed E-state index contributed by atoms with van der Waals surface area (Å²) >= 11 is 0. The Balaban J connectivity index is -0.00000115. The minimum Gasteiger partial charge on any atom is -0.656 e. The third kappa shape index (κ3) is 13.2. The molecule has 0 saturated heterocycles. The SMILES string of the molecule is CC(C)[PH+](CC[N-]CC[PH+](C(C)C)C(C)C)C(C)C.N#N.[Co]. The standard InChI is InChI=1S/C16H36NP2.Co.N2/c1-13(2)18(14(3)4)11-9-17-10-12-19(15(5)6)16(7)8;;1-2/h13-16H,9-12H2,1-8H3;;/q-1;;/p+2. The quantitative estimate of drug-likeness (QED) is 0.281. The second-order valence-corrected chi connectivity index (χ2v) is 14.9. The molecule has 0 aliphatic heterocycles. The number of nitrogens with zero attached hydrogens (tertiary/aromatic N) is 3. The van der Waals surface area contributed by atoms with Crippen molar-refractivity contribution in [2.24, 2.45) is 0 Å². The van der Waals surface area contributed by atoms with E-state index in [-0.39, 0.29) is 32.6 Å². The Morgan fingerprint density at radius 2 is 0.864 bits per heavy atom. The van der Waals surface area contributed by atoms with Gasteiger partial charge in [0.15, 0.2) is 0 Å². The summed E-state index contributed by atoms with van der Waals surface area (Å²) in [6.45, 7) is 21.4. The third-order valence-electron chi connectivity index (χ3n) is 4.08. The molecule has 0 aromatic heterocycles. The molecule has 6 heteroatoms. The second-order valence-electron chi connectivity index (χ2n) is 6.94. The maximum Gasteiger partial charge on any atom is 0.0621 e. The van der Waals surface area contributed by atoms with E-state index in [2.05, 4.69) is 55.4 Å². The first-order chi connectivity index (χ1) is 9.77. The summed E-state index contributed by atoms with van der Waals surface area (Å²) in [7, 11) is -0.394. The minimum atomic E-state index is -0.197. The van der Waals surface area contributed by atoms with E-state index in [1.807, 2.05) is 0 Å². The van der Waals surface area contributed by atoms with Crippen molar-refractivity contribution in [3.63, 3.8) is 0 Å². The molecule has 0 heterocycles. The van der Waals surface area contributed by atoms with Gasteiger partial charge in [0, 0.05) is 55.7 Å². The topological polar surface area (TPSA) is 61.7 Å². The molecule has 0 aliphatic carbocycles. The molecule has 0 aromatic rings. The van der Waals surface area contributed by atoms with Crippen LogP contribution >= 0.6 is 15.8 Å². The number of rotatable bonds is 10. The molecular formula is C16H38CoN3P2+. The normalized spacial score (nSPS) is 11.3. The zero-order valence-corrected chi connectivity index (χ0v) is 18.9. The molecule has 1 radical (unpaired) electrons. The van der Waals surface area contributed by atoms with Crippen LogP contribution in [0.1, 0.15) is 55.4 Å². The van der Waals surface area contributed by atoms with Gasteiger partial charge in [-0.05, 0) is 55.4 Å². The molecular weight excluding hydrogens is 355 g/mol. The average Bonchev–Trinajstić information content (AvgIpc) is 2.38. The molecule has 0 spiro atoms. The Hall–Kier alpha value is 0.746. The van der Waals surface area contributed by atoms with E-state index in [0.717, 1.165) is 35.7 Å². The van der Waals surface area contributed by atoms with Crippen molar-refractivity contribution in [1.82, 2.24) is 0 Å². The first-order valence-corrected chi connectivity index (χ1v) is 12.0. The van der Waals surface area contributed by atoms with Gasteiger partial charge in [-0.3, -0.25) is 0 Å². The molecule has 0 rings (SSSR count). The van der Waals surface area contributed by atoms with Crippen molar-refractivity contribution in [3.8, 4) is 0 Å². The Morgan fingerprint density at radius 3 is 1.05 bits per heavy atom. The van der Waals surface area contributed by atoms with Crippen LogP contribution in [0.15, 0.2) is 0 Å². The van der Waals surface area contributed by atoms with Gasteiger partial charge in [-0.25, -0.2) is 0 Å². The summed E-state index contributed by atoms with van der Waals surface area (Å²) in [6.07, 6.45) is 2.76. The Bertz CT molecular complexity index is 221. The number of hydrogen-bond donors (Lipinski definition) is 0. The summed E-state index contributed by atoms with van der Waals surface area (Å²) < 4.78 is 0. The van der Waals surface area contributed by atoms with Gasteiger partial charge < -0.3 is 5.32 Å². The second kappa shape index (κ2) is 16.6. The smallest absolute Gasteiger partial charge is 0.0621 e. The van der Waals surface area contributed by atoms with Crippen molar-refractivity contribution in [3.05, 3.63) is 5.32 Å². The average molecular weight is 393 g/mol. The van der Waals surface area contributed by atoms with Crippen LogP contribution in [0.4, 0.5) is 0 Å². The van der Waals surface area contributed by atoms with Gasteiger partial charge in [0.1, 0.15) is 0 Å². The first kappa shape index (κ1) is 27.6. The molecule has 0 saturated carbocycles. The minimum absolute atomic E-state index is 0. The maximum atomic E-state index is 6.00. The van der Waals surface area contributed by atoms with E-state index in [1.165, 1.54) is 12.3 Å². The molecule has 0 unspecified atom stereocenters. The van der Waals surface area contributed by atoms with Crippen LogP contribution < -0.4 is 0 Å². The van der Waals surface area contributed by atoms with Crippen molar-refractivity contribution in [1.29, 1.82) is 10.8 Å². The zero-order chi connectivity index (χ0) is 17.0. The zero-order valence-electron chi connectivity index (χ0n) is 15.8. The Labute approximate surface area is 152 Å². The van der Waals surface area contributed by atoms with Crippen molar-refractivity contribution in [2.75, 3.05) is 25.4 Å². The summed E-state index contributed by atoms with van der Waals surface area (Å²) in [5.41, 5.74) is 3.58. The van der Waals surface area contributed by atoms with E-state index in [0.29, 0.717) is 0 Å². The fourth-order valence-electron chi connectivity index (χ4n) is 3.02. The van der Waals surface area contributed by atoms with E-state index < -0.39 is 0 Å². The van der Waals surface area contributed by atoms with E-state index in [4.69, 9.17) is 16.1 Å². The van der Waals surface area contributed by atoms with E-state index in [9.17, 15) is 0 Å². The summed E-state index contributed by atoms with van der Waals surface area (Å²) in [4.78, 5) is 0. The first-order valence-electron chi connectivity index (χ1n) is 8.31. The van der Waals surface area contributed by atoms with Gasteiger partial charge >= 0.3 is 0 Å². The summed E-state index contributed by atoms with van der Waals surface area (Å²) in [5, 5.41) is 16.8. The molecule has 0 bridgehead atoms. The molecule has 0 atom stereocenters. The van der Waals surface area contributed by atoms with E-state index in [1.54, 1.807) is 0 Å². The van der Waals surface area contributed by atoms with Crippen LogP contribution in [0.3, 0.4) is 0 Å². The van der Waals surface area contributed by atoms with Crippen LogP contribution in [0.5, 0.6) is 0 Å². The van der Waals surface area contributed by atoms with Crippen LogP contribution in [0.2, 0.25) is 0 Å². The van der Waals surface area contributed by atoms with Gasteiger partial charge in [0.05, 0.1) is 22.6 Å². The van der Waals surface area contributed by atoms with Gasteiger partial charge in [-0.15, -0.1) is 13.1 Å². The predicted octanol–water partition coefficient (Wildman–Crippen LogP) is 5.45. The monoisotopic (exact) mass is 393 g/mol. The van der Waals surface area contributed by atoms with Crippen LogP contribution in [0, 0.1) is 10.8 Å². The van der Waals surface area contributed by atoms with Crippen molar-refractivity contribution >= 4 is 15.8 Å². The number of hydrogen-bond acceptors (Lipinski definition) is 2. The molecule has 135 valence electrons. The Morgan fingerprint density at radius 1 is 0.636 bits per heavy atom. The molecule has 0 aliphatic rings. The van der Waals surface area contributed by atoms with Crippen LogP contribution in [0.25, 0.3) is 5.32 Å². The molecule has 22 heavy (non-hydrogen) atoms. The predicted molar refractivity (Wildman–Crippen MR) is 103 cm³/mol. The summed E-state index contributed by atoms with van der Waals surface area (Å²) in [5.74, 6) is 0. The third-order valence-corrected chi connectivity index (χ3v) is 11.6. The van der Waals surface area contributed by atoms with Crippen molar-refractivity contribution < 1.29 is 16.8 Å². The Kier molecular flexibility index (Phi) is 20.8. The van der Waals surface area contributed by atoms with Crippen LogP contribution in [-0.4, -0.2) is 48.0 Å². The molecule has 3 nitrogen and oxygen atoms in total.